The lowest BCUT2D eigenvalue weighted by Gasteiger charge is -2.20. The molecule has 5 nitrogen and oxygen atoms in total. The van der Waals surface area contributed by atoms with Gasteiger partial charge in [0.25, 0.3) is 0 Å². The van der Waals surface area contributed by atoms with Gasteiger partial charge in [0.05, 0.1) is 0 Å². The van der Waals surface area contributed by atoms with Crippen molar-refractivity contribution in [3.8, 4) is 0 Å². The van der Waals surface area contributed by atoms with Crippen molar-refractivity contribution in [3.63, 3.8) is 0 Å². The molecule has 0 aliphatic rings. The van der Waals surface area contributed by atoms with Crippen LogP contribution in [0.15, 0.2) is 6.07 Å². The first kappa shape index (κ1) is 13.7. The van der Waals surface area contributed by atoms with Crippen LogP contribution in [-0.4, -0.2) is 41.5 Å². The fraction of sp³-hybridized carbons (Fsp3) is 0.667. The number of nitrogens with one attached hydrogen (secondary N) is 1. The van der Waals surface area contributed by atoms with Gasteiger partial charge in [0.2, 0.25) is 0 Å². The molecule has 3 N–H and O–H groups in total. The highest BCUT2D eigenvalue weighted by Gasteiger charge is 2.06. The van der Waals surface area contributed by atoms with Crippen molar-refractivity contribution < 1.29 is 0 Å². The van der Waals surface area contributed by atoms with Crippen molar-refractivity contribution in [2.45, 2.75) is 32.7 Å². The molecule has 0 amide bonds. The van der Waals surface area contributed by atoms with Crippen molar-refractivity contribution in [2.24, 2.45) is 0 Å². The Morgan fingerprint density at radius 2 is 2.12 bits per heavy atom. The van der Waals surface area contributed by atoms with Gasteiger partial charge >= 0.3 is 0 Å². The summed E-state index contributed by atoms with van der Waals surface area (Å²) in [6, 6.07) is 2.22. The number of anilines is 2. The Labute approximate surface area is 103 Å². The van der Waals surface area contributed by atoms with Crippen LogP contribution in [0.2, 0.25) is 0 Å². The van der Waals surface area contributed by atoms with Gasteiger partial charge in [0.1, 0.15) is 17.5 Å². The highest BCUT2D eigenvalue weighted by atomic mass is 15.1. The molecule has 0 radical (unpaired) electrons. The van der Waals surface area contributed by atoms with Gasteiger partial charge in [-0.3, -0.25) is 0 Å². The van der Waals surface area contributed by atoms with Crippen molar-refractivity contribution >= 4 is 11.6 Å². The number of aryl methyl sites for hydroxylation is 1. The standard InChI is InChI=1S/C12H23N5/c1-5-6-11-15-10(13)7-12(16-11)14-8-9(2)17(3)4/h7,9H,5-6,8H2,1-4H3,(H3,13,14,15,16). The van der Waals surface area contributed by atoms with E-state index in [0.717, 1.165) is 31.0 Å². The summed E-state index contributed by atoms with van der Waals surface area (Å²) in [5, 5.41) is 3.29. The summed E-state index contributed by atoms with van der Waals surface area (Å²) < 4.78 is 0. The molecule has 0 spiro atoms. The average Bonchev–Trinajstić information content (AvgIpc) is 2.25. The number of nitrogens with two attached hydrogens (primary N) is 1. The van der Waals surface area contributed by atoms with Crippen molar-refractivity contribution in [2.75, 3.05) is 31.7 Å². The molecule has 0 saturated heterocycles. The Kier molecular flexibility index (Phi) is 5.15. The van der Waals surface area contributed by atoms with Gasteiger partial charge in [-0.05, 0) is 27.4 Å². The molecule has 1 heterocycles. The van der Waals surface area contributed by atoms with E-state index in [2.05, 4.69) is 48.1 Å². The third kappa shape index (κ3) is 4.56. The third-order valence-electron chi connectivity index (χ3n) is 2.73. The van der Waals surface area contributed by atoms with Gasteiger partial charge in [-0.1, -0.05) is 6.92 Å². The van der Waals surface area contributed by atoms with Crippen molar-refractivity contribution in [1.82, 2.24) is 14.9 Å². The van der Waals surface area contributed by atoms with Crippen LogP contribution in [0, 0.1) is 0 Å². The van der Waals surface area contributed by atoms with E-state index in [1.807, 2.05) is 0 Å². The van der Waals surface area contributed by atoms with E-state index in [9.17, 15) is 0 Å². The fourth-order valence-electron chi connectivity index (χ4n) is 1.38. The number of likely N-dealkylation sites (N-methyl/N-ethyl adjacent to an activating group) is 1. The zero-order valence-electron chi connectivity index (χ0n) is 11.2. The first-order valence-electron chi connectivity index (χ1n) is 6.06. The van der Waals surface area contributed by atoms with E-state index in [1.54, 1.807) is 6.07 Å². The zero-order valence-corrected chi connectivity index (χ0v) is 11.2. The predicted molar refractivity (Wildman–Crippen MR) is 72.1 cm³/mol. The molecule has 0 aromatic carbocycles. The third-order valence-corrected chi connectivity index (χ3v) is 2.73. The molecule has 0 aliphatic heterocycles. The monoisotopic (exact) mass is 237 g/mol. The summed E-state index contributed by atoms with van der Waals surface area (Å²) in [5.74, 6) is 2.16. The number of nitrogen functional groups attached to an aromatic ring is 1. The predicted octanol–water partition coefficient (Wildman–Crippen LogP) is 1.37. The highest BCUT2D eigenvalue weighted by molar-refractivity contribution is 5.44. The van der Waals surface area contributed by atoms with Crippen LogP contribution in [0.5, 0.6) is 0 Å². The van der Waals surface area contributed by atoms with Crippen LogP contribution < -0.4 is 11.1 Å². The van der Waals surface area contributed by atoms with E-state index >= 15 is 0 Å². The number of nitrogens with zero attached hydrogens (tertiary/aromatic N) is 3. The quantitative estimate of drug-likeness (QED) is 0.782. The van der Waals surface area contributed by atoms with Crippen molar-refractivity contribution in [3.05, 3.63) is 11.9 Å². The molecule has 1 atom stereocenters. The molecule has 96 valence electrons. The summed E-state index contributed by atoms with van der Waals surface area (Å²) in [7, 11) is 4.12. The summed E-state index contributed by atoms with van der Waals surface area (Å²) in [6.45, 7) is 5.10. The van der Waals surface area contributed by atoms with Gasteiger partial charge in [-0.2, -0.15) is 0 Å². The largest absolute Gasteiger partial charge is 0.384 e. The molecule has 1 aromatic heterocycles. The maximum atomic E-state index is 5.75. The van der Waals surface area contributed by atoms with E-state index in [1.165, 1.54) is 0 Å². The van der Waals surface area contributed by atoms with E-state index in [4.69, 9.17) is 5.73 Å². The summed E-state index contributed by atoms with van der Waals surface area (Å²) >= 11 is 0. The summed E-state index contributed by atoms with van der Waals surface area (Å²) in [6.07, 6.45) is 1.89. The molecule has 0 bridgehead atoms. The van der Waals surface area contributed by atoms with Crippen LogP contribution in [0.3, 0.4) is 0 Å². The lowest BCUT2D eigenvalue weighted by molar-refractivity contribution is 0.326. The molecular formula is C12H23N5. The Balaban J connectivity index is 2.64. The number of hydrogen-bond donors (Lipinski definition) is 2. The number of rotatable bonds is 6. The second-order valence-electron chi connectivity index (χ2n) is 4.54. The minimum Gasteiger partial charge on any atom is -0.384 e. The van der Waals surface area contributed by atoms with Crippen LogP contribution in [-0.2, 0) is 6.42 Å². The molecule has 5 heteroatoms. The number of hydrogen-bond acceptors (Lipinski definition) is 5. The Hall–Kier alpha value is -1.36. The maximum Gasteiger partial charge on any atom is 0.133 e. The van der Waals surface area contributed by atoms with Crippen LogP contribution >= 0.6 is 0 Å². The summed E-state index contributed by atoms with van der Waals surface area (Å²) in [5.41, 5.74) is 5.75. The van der Waals surface area contributed by atoms with Crippen LogP contribution in [0.1, 0.15) is 26.1 Å². The molecule has 0 aliphatic carbocycles. The molecular weight excluding hydrogens is 214 g/mol. The van der Waals surface area contributed by atoms with Gasteiger partial charge in [0.15, 0.2) is 0 Å². The van der Waals surface area contributed by atoms with E-state index in [-0.39, 0.29) is 0 Å². The maximum absolute atomic E-state index is 5.75. The van der Waals surface area contributed by atoms with Gasteiger partial charge in [-0.25, -0.2) is 9.97 Å². The minimum absolute atomic E-state index is 0.445. The highest BCUT2D eigenvalue weighted by Crippen LogP contribution is 2.10. The fourth-order valence-corrected chi connectivity index (χ4v) is 1.38. The molecule has 1 unspecified atom stereocenters. The Morgan fingerprint density at radius 1 is 1.41 bits per heavy atom. The van der Waals surface area contributed by atoms with Crippen molar-refractivity contribution in [1.29, 1.82) is 0 Å². The van der Waals surface area contributed by atoms with Gasteiger partial charge in [-0.15, -0.1) is 0 Å². The molecule has 17 heavy (non-hydrogen) atoms. The van der Waals surface area contributed by atoms with Crippen LogP contribution in [0.25, 0.3) is 0 Å². The lowest BCUT2D eigenvalue weighted by Crippen LogP contribution is -2.31. The number of aromatic nitrogens is 2. The lowest BCUT2D eigenvalue weighted by atomic mass is 10.3. The topological polar surface area (TPSA) is 67.1 Å². The van der Waals surface area contributed by atoms with Gasteiger partial charge < -0.3 is 16.0 Å². The van der Waals surface area contributed by atoms with Gasteiger partial charge in [0, 0.05) is 25.1 Å². The minimum atomic E-state index is 0.445. The Bertz CT molecular complexity index is 351. The molecule has 1 aromatic rings. The SMILES string of the molecule is CCCc1nc(N)cc(NCC(C)N(C)C)n1. The molecule has 0 saturated carbocycles. The second-order valence-corrected chi connectivity index (χ2v) is 4.54. The first-order chi connectivity index (χ1) is 8.02. The van der Waals surface area contributed by atoms with E-state index < -0.39 is 0 Å². The Morgan fingerprint density at radius 3 is 2.71 bits per heavy atom. The van der Waals surface area contributed by atoms with Crippen LogP contribution in [0.4, 0.5) is 11.6 Å². The first-order valence-corrected chi connectivity index (χ1v) is 6.06. The zero-order chi connectivity index (χ0) is 12.8. The molecule has 1 rings (SSSR count). The normalized spacial score (nSPS) is 12.8. The summed E-state index contributed by atoms with van der Waals surface area (Å²) in [4.78, 5) is 10.8. The average molecular weight is 237 g/mol. The molecule has 0 fully saturated rings. The second kappa shape index (κ2) is 6.39. The van der Waals surface area contributed by atoms with E-state index in [0.29, 0.717) is 11.9 Å². The smallest absolute Gasteiger partial charge is 0.133 e.